The highest BCUT2D eigenvalue weighted by atomic mass is 31.1. The summed E-state index contributed by atoms with van der Waals surface area (Å²) in [4.78, 5) is 0. The summed E-state index contributed by atoms with van der Waals surface area (Å²) < 4.78 is 11.4. The van der Waals surface area contributed by atoms with Crippen LogP contribution >= 0.6 is 8.37 Å². The van der Waals surface area contributed by atoms with Gasteiger partial charge >= 0.3 is 0 Å². The van der Waals surface area contributed by atoms with Gasteiger partial charge in [-0.3, -0.25) is 0 Å². The van der Waals surface area contributed by atoms with Crippen molar-refractivity contribution in [3.63, 3.8) is 0 Å². The van der Waals surface area contributed by atoms with Crippen molar-refractivity contribution in [2.75, 3.05) is 0 Å². The van der Waals surface area contributed by atoms with Crippen molar-refractivity contribution in [3.8, 4) is 0 Å². The lowest BCUT2D eigenvalue weighted by molar-refractivity contribution is 0.133. The quantitative estimate of drug-likeness (QED) is 0.395. The van der Waals surface area contributed by atoms with Crippen LogP contribution in [0.15, 0.2) is 35.1 Å². The molecule has 158 valence electrons. The Hall–Kier alpha value is -0.760. The van der Waals surface area contributed by atoms with Gasteiger partial charge in [0.2, 0.25) is 0 Å². The molecule has 0 radical (unpaired) electrons. The van der Waals surface area contributed by atoms with Gasteiger partial charge in [-0.15, -0.1) is 0 Å². The van der Waals surface area contributed by atoms with E-state index in [0.29, 0.717) is 0 Å². The summed E-state index contributed by atoms with van der Waals surface area (Å²) in [6.07, 6.45) is 22.1. The Kier molecular flexibility index (Phi) is 6.66. The van der Waals surface area contributed by atoms with E-state index < -0.39 is 8.37 Å². The summed E-state index contributed by atoms with van der Waals surface area (Å²) in [5.74, 6) is 0. The Labute approximate surface area is 178 Å². The maximum absolute atomic E-state index is 5.42. The molecule has 0 aromatic heterocycles. The average molecular weight is 412 g/mol. The number of rotatable bonds is 4. The molecule has 4 heteroatoms. The van der Waals surface area contributed by atoms with E-state index in [0.717, 1.165) is 24.2 Å². The third-order valence-electron chi connectivity index (χ3n) is 7.79. The van der Waals surface area contributed by atoms with Crippen LogP contribution in [-0.4, -0.2) is 39.7 Å². The predicted molar refractivity (Wildman–Crippen MR) is 124 cm³/mol. The highest BCUT2D eigenvalue weighted by Crippen LogP contribution is 2.62. The van der Waals surface area contributed by atoms with Crippen LogP contribution in [0, 0.1) is 0 Å². The highest BCUT2D eigenvalue weighted by Gasteiger charge is 2.52. The van der Waals surface area contributed by atoms with Crippen molar-refractivity contribution >= 4 is 14.6 Å². The van der Waals surface area contributed by atoms with Crippen molar-refractivity contribution in [3.05, 3.63) is 35.9 Å². The first-order chi connectivity index (χ1) is 14.4. The third-order valence-corrected chi connectivity index (χ3v) is 10.2. The third kappa shape index (κ3) is 4.34. The molecule has 2 unspecified atom stereocenters. The molecule has 0 spiro atoms. The SMILES string of the molecule is C(=N\P1N(C2CCCCC2)C2CCCCC2N1C1CCCCC1)/c1ccccc1. The molecule has 3 nitrogen and oxygen atoms in total. The van der Waals surface area contributed by atoms with Crippen molar-refractivity contribution in [2.45, 2.75) is 114 Å². The second-order valence-electron chi connectivity index (χ2n) is 9.69. The summed E-state index contributed by atoms with van der Waals surface area (Å²) in [5, 5.41) is 0. The van der Waals surface area contributed by atoms with Gasteiger partial charge in [0, 0.05) is 30.4 Å². The molecule has 1 heterocycles. The van der Waals surface area contributed by atoms with Crippen LogP contribution in [0.1, 0.15) is 95.5 Å². The zero-order valence-corrected chi connectivity index (χ0v) is 18.9. The minimum Gasteiger partial charge on any atom is -0.244 e. The second-order valence-corrected chi connectivity index (χ2v) is 11.4. The second kappa shape index (κ2) is 9.58. The Bertz CT molecular complexity index is 632. The largest absolute Gasteiger partial charge is 0.244 e. The fraction of sp³-hybridized carbons (Fsp3) is 0.720. The van der Waals surface area contributed by atoms with Crippen molar-refractivity contribution in [1.29, 1.82) is 0 Å². The van der Waals surface area contributed by atoms with Crippen molar-refractivity contribution in [1.82, 2.24) is 9.34 Å². The molecule has 1 aliphatic heterocycles. The molecule has 4 aliphatic rings. The Balaban J connectivity index is 1.48. The van der Waals surface area contributed by atoms with E-state index in [1.165, 1.54) is 95.5 Å². The number of benzene rings is 1. The number of hydrogen-bond acceptors (Lipinski definition) is 3. The summed E-state index contributed by atoms with van der Waals surface area (Å²) in [5.41, 5.74) is 1.26. The lowest BCUT2D eigenvalue weighted by Crippen LogP contribution is -2.45. The van der Waals surface area contributed by atoms with E-state index in [2.05, 4.69) is 45.9 Å². The van der Waals surface area contributed by atoms with Gasteiger partial charge in [-0.2, -0.15) is 0 Å². The summed E-state index contributed by atoms with van der Waals surface area (Å²) in [6.45, 7) is 0. The lowest BCUT2D eigenvalue weighted by atomic mass is 9.86. The van der Waals surface area contributed by atoms with E-state index in [9.17, 15) is 0 Å². The molecule has 3 saturated carbocycles. The molecule has 0 amide bonds. The van der Waals surface area contributed by atoms with Gasteiger partial charge in [0.15, 0.2) is 8.37 Å². The van der Waals surface area contributed by atoms with Crippen LogP contribution in [0.3, 0.4) is 0 Å². The molecule has 3 aliphatic carbocycles. The monoisotopic (exact) mass is 411 g/mol. The van der Waals surface area contributed by atoms with Crippen LogP contribution in [0.2, 0.25) is 0 Å². The van der Waals surface area contributed by atoms with Gasteiger partial charge < -0.3 is 0 Å². The van der Waals surface area contributed by atoms with Crippen LogP contribution in [0.4, 0.5) is 0 Å². The van der Waals surface area contributed by atoms with Gasteiger partial charge in [-0.25, -0.2) is 14.1 Å². The molecule has 1 saturated heterocycles. The molecule has 2 atom stereocenters. The number of hydrogen-bond donors (Lipinski definition) is 0. The van der Waals surface area contributed by atoms with Crippen LogP contribution < -0.4 is 0 Å². The Morgan fingerprint density at radius 1 is 0.655 bits per heavy atom. The fourth-order valence-corrected chi connectivity index (χ4v) is 9.22. The van der Waals surface area contributed by atoms with E-state index in [1.807, 2.05) is 0 Å². The van der Waals surface area contributed by atoms with Gasteiger partial charge in [-0.05, 0) is 44.1 Å². The van der Waals surface area contributed by atoms with Crippen molar-refractivity contribution < 1.29 is 0 Å². The van der Waals surface area contributed by atoms with Gasteiger partial charge in [0.05, 0.1) is 0 Å². The molecule has 5 rings (SSSR count). The maximum atomic E-state index is 5.42. The topological polar surface area (TPSA) is 18.8 Å². The summed E-state index contributed by atoms with van der Waals surface area (Å²) >= 11 is 0. The van der Waals surface area contributed by atoms with E-state index in [4.69, 9.17) is 4.76 Å². The van der Waals surface area contributed by atoms with Gasteiger partial charge in [0.1, 0.15) is 0 Å². The smallest absolute Gasteiger partial charge is 0.170 e. The molecule has 1 aromatic rings. The fourth-order valence-electron chi connectivity index (χ4n) is 6.39. The minimum atomic E-state index is -0.556. The summed E-state index contributed by atoms with van der Waals surface area (Å²) in [7, 11) is -0.556. The molecule has 0 bridgehead atoms. The molecular formula is C25H38N3P. The normalized spacial score (nSPS) is 33.3. The highest BCUT2D eigenvalue weighted by molar-refractivity contribution is 7.51. The zero-order valence-electron chi connectivity index (χ0n) is 18.0. The molecule has 4 fully saturated rings. The van der Waals surface area contributed by atoms with E-state index >= 15 is 0 Å². The van der Waals surface area contributed by atoms with Crippen molar-refractivity contribution in [2.24, 2.45) is 4.76 Å². The molecule has 0 N–H and O–H groups in total. The number of nitrogens with zero attached hydrogens (tertiary/aromatic N) is 3. The maximum Gasteiger partial charge on any atom is 0.170 e. The molecule has 1 aromatic carbocycles. The standard InChI is InChI=1S/C25H38N3P/c1-4-12-21(13-5-1)20-26-29-27(22-14-6-2-7-15-22)24-18-10-11-19-25(24)28(29)23-16-8-3-9-17-23/h1,4-5,12-13,20,22-25H,2-3,6-11,14-19H2/b26-20+. The van der Waals surface area contributed by atoms with Crippen LogP contribution in [0.25, 0.3) is 0 Å². The minimum absolute atomic E-state index is 0.556. The Morgan fingerprint density at radius 2 is 1.14 bits per heavy atom. The van der Waals surface area contributed by atoms with Crippen LogP contribution in [0.5, 0.6) is 0 Å². The van der Waals surface area contributed by atoms with E-state index in [1.54, 1.807) is 0 Å². The first-order valence-corrected chi connectivity index (χ1v) is 13.6. The van der Waals surface area contributed by atoms with Crippen LogP contribution in [-0.2, 0) is 0 Å². The van der Waals surface area contributed by atoms with E-state index in [-0.39, 0.29) is 0 Å². The first kappa shape index (κ1) is 20.2. The summed E-state index contributed by atoms with van der Waals surface area (Å²) in [6, 6.07) is 13.9. The molecular weight excluding hydrogens is 373 g/mol. The lowest BCUT2D eigenvalue weighted by Gasteiger charge is -2.39. The molecule has 29 heavy (non-hydrogen) atoms. The predicted octanol–water partition coefficient (Wildman–Crippen LogP) is 6.93. The number of fused-ring (bicyclic) bond motifs is 1. The first-order valence-electron chi connectivity index (χ1n) is 12.4. The Morgan fingerprint density at radius 3 is 1.66 bits per heavy atom. The zero-order chi connectivity index (χ0) is 19.5. The average Bonchev–Trinajstić information content (AvgIpc) is 3.13. The van der Waals surface area contributed by atoms with Gasteiger partial charge in [0.25, 0.3) is 0 Å². The van der Waals surface area contributed by atoms with Gasteiger partial charge in [-0.1, -0.05) is 81.7 Å².